The summed E-state index contributed by atoms with van der Waals surface area (Å²) in [6.07, 6.45) is 8.38. The molecule has 3 aliphatic rings. The van der Waals surface area contributed by atoms with Crippen molar-refractivity contribution < 1.29 is 4.74 Å². The van der Waals surface area contributed by atoms with Crippen molar-refractivity contribution in [3.63, 3.8) is 0 Å². The monoisotopic (exact) mass is 315 g/mol. The van der Waals surface area contributed by atoms with Crippen LogP contribution in [-0.4, -0.2) is 43.0 Å². The Hall–Kier alpha value is -1.78. The zero-order valence-electron chi connectivity index (χ0n) is 12.2. The van der Waals surface area contributed by atoms with Gasteiger partial charge in [-0.25, -0.2) is 4.99 Å². The fourth-order valence-electron chi connectivity index (χ4n) is 3.13. The number of benzene rings is 1. The minimum absolute atomic E-state index is 0.0129. The molecule has 2 atom stereocenters. The van der Waals surface area contributed by atoms with Crippen LogP contribution < -0.4 is 10.1 Å². The number of aliphatic imine (C=N–C) groups is 1. The van der Waals surface area contributed by atoms with Crippen molar-refractivity contribution in [1.29, 1.82) is 0 Å². The van der Waals surface area contributed by atoms with Gasteiger partial charge in [0.2, 0.25) is 0 Å². The second-order valence-corrected chi connectivity index (χ2v) is 6.13. The Morgan fingerprint density at radius 3 is 2.86 bits per heavy atom. The third-order valence-electron chi connectivity index (χ3n) is 4.24. The van der Waals surface area contributed by atoms with Gasteiger partial charge in [0.1, 0.15) is 23.4 Å². The number of hydrogen-bond donors (Lipinski definition) is 1. The lowest BCUT2D eigenvalue weighted by Gasteiger charge is -2.34. The highest BCUT2D eigenvalue weighted by atomic mass is 35.5. The lowest BCUT2D eigenvalue weighted by atomic mass is 9.95. The highest BCUT2D eigenvalue weighted by Gasteiger charge is 2.32. The fourth-order valence-corrected chi connectivity index (χ4v) is 3.30. The second kappa shape index (κ2) is 5.78. The predicted molar refractivity (Wildman–Crippen MR) is 89.2 cm³/mol. The molecule has 2 aliphatic heterocycles. The second-order valence-electron chi connectivity index (χ2n) is 5.70. The van der Waals surface area contributed by atoms with Gasteiger partial charge in [-0.05, 0) is 24.3 Å². The summed E-state index contributed by atoms with van der Waals surface area (Å²) >= 11 is 6.14. The van der Waals surface area contributed by atoms with Gasteiger partial charge < -0.3 is 15.0 Å². The molecule has 1 saturated heterocycles. The van der Waals surface area contributed by atoms with E-state index < -0.39 is 0 Å². The van der Waals surface area contributed by atoms with Gasteiger partial charge in [0.15, 0.2) is 0 Å². The summed E-state index contributed by atoms with van der Waals surface area (Å²) in [6.45, 7) is 3.91. The van der Waals surface area contributed by atoms with E-state index in [1.807, 2.05) is 24.3 Å². The number of fused-ring (bicyclic) bond motifs is 2. The minimum atomic E-state index is -0.0129. The lowest BCUT2D eigenvalue weighted by molar-refractivity contribution is 0.222. The average molecular weight is 316 g/mol. The van der Waals surface area contributed by atoms with Crippen LogP contribution in [0.4, 0.5) is 5.69 Å². The number of halogens is 1. The summed E-state index contributed by atoms with van der Waals surface area (Å²) in [4.78, 5) is 7.29. The van der Waals surface area contributed by atoms with E-state index in [1.165, 1.54) is 0 Å². The highest BCUT2D eigenvalue weighted by molar-refractivity contribution is 6.30. The van der Waals surface area contributed by atoms with E-state index in [1.54, 1.807) is 0 Å². The summed E-state index contributed by atoms with van der Waals surface area (Å²) in [5.41, 5.74) is 0.817. The zero-order chi connectivity index (χ0) is 14.9. The maximum atomic E-state index is 6.18. The molecule has 1 fully saturated rings. The Balaban J connectivity index is 1.79. The van der Waals surface area contributed by atoms with E-state index >= 15 is 0 Å². The Labute approximate surface area is 135 Å². The van der Waals surface area contributed by atoms with Gasteiger partial charge in [-0.2, -0.15) is 0 Å². The third-order valence-corrected chi connectivity index (χ3v) is 4.48. The number of allylic oxidation sites excluding steroid dienone is 2. The van der Waals surface area contributed by atoms with Crippen LogP contribution >= 0.6 is 11.6 Å². The van der Waals surface area contributed by atoms with E-state index in [9.17, 15) is 0 Å². The molecule has 22 heavy (non-hydrogen) atoms. The minimum Gasteiger partial charge on any atom is -0.483 e. The molecule has 1 N–H and O–H groups in total. The van der Waals surface area contributed by atoms with Gasteiger partial charge in [0, 0.05) is 31.2 Å². The Kier molecular flexibility index (Phi) is 3.64. The first-order valence-electron chi connectivity index (χ1n) is 7.67. The molecule has 1 aliphatic carbocycles. The van der Waals surface area contributed by atoms with Gasteiger partial charge in [-0.15, -0.1) is 0 Å². The van der Waals surface area contributed by atoms with Crippen LogP contribution in [0.2, 0.25) is 5.02 Å². The Bertz CT molecular complexity index is 662. The summed E-state index contributed by atoms with van der Waals surface area (Å²) in [7, 11) is 0. The molecule has 0 amide bonds. The van der Waals surface area contributed by atoms with Crippen molar-refractivity contribution in [2.75, 3.05) is 26.2 Å². The predicted octanol–water partition coefficient (Wildman–Crippen LogP) is 2.78. The highest BCUT2D eigenvalue weighted by Crippen LogP contribution is 2.37. The number of rotatable bonds is 0. The van der Waals surface area contributed by atoms with Crippen LogP contribution in [0.15, 0.2) is 47.5 Å². The van der Waals surface area contributed by atoms with Gasteiger partial charge in [-0.1, -0.05) is 29.8 Å². The summed E-state index contributed by atoms with van der Waals surface area (Å²) in [5, 5.41) is 4.07. The zero-order valence-corrected chi connectivity index (χ0v) is 13.0. The van der Waals surface area contributed by atoms with Crippen LogP contribution in [0.25, 0.3) is 0 Å². The van der Waals surface area contributed by atoms with Gasteiger partial charge in [0.05, 0.1) is 5.92 Å². The molecule has 0 radical (unpaired) electrons. The number of nitrogens with zero attached hydrogens (tertiary/aromatic N) is 2. The van der Waals surface area contributed by atoms with Crippen molar-refractivity contribution in [2.24, 2.45) is 10.9 Å². The molecule has 1 aromatic carbocycles. The van der Waals surface area contributed by atoms with E-state index in [2.05, 4.69) is 28.4 Å². The molecule has 0 bridgehead atoms. The van der Waals surface area contributed by atoms with E-state index in [4.69, 9.17) is 21.3 Å². The topological polar surface area (TPSA) is 36.9 Å². The van der Waals surface area contributed by atoms with Crippen LogP contribution in [0.5, 0.6) is 5.75 Å². The van der Waals surface area contributed by atoms with Crippen LogP contribution in [0.3, 0.4) is 0 Å². The number of piperazine rings is 1. The maximum Gasteiger partial charge on any atom is 0.146 e. The van der Waals surface area contributed by atoms with Crippen molar-refractivity contribution in [2.45, 2.75) is 6.10 Å². The molecule has 4 rings (SSSR count). The normalized spacial score (nSPS) is 26.6. The number of amidine groups is 1. The van der Waals surface area contributed by atoms with Crippen LogP contribution in [0, 0.1) is 5.92 Å². The third kappa shape index (κ3) is 2.53. The summed E-state index contributed by atoms with van der Waals surface area (Å²) in [5.74, 6) is 2.02. The molecule has 1 aromatic rings. The van der Waals surface area contributed by atoms with Crippen LogP contribution in [-0.2, 0) is 0 Å². The molecule has 4 nitrogen and oxygen atoms in total. The van der Waals surface area contributed by atoms with Gasteiger partial charge in [0.25, 0.3) is 0 Å². The quantitative estimate of drug-likeness (QED) is 0.800. The van der Waals surface area contributed by atoms with Crippen LogP contribution in [0.1, 0.15) is 0 Å². The lowest BCUT2D eigenvalue weighted by Crippen LogP contribution is -2.50. The summed E-state index contributed by atoms with van der Waals surface area (Å²) < 4.78 is 6.18. The Morgan fingerprint density at radius 2 is 2.00 bits per heavy atom. The van der Waals surface area contributed by atoms with Gasteiger partial charge in [-0.3, -0.25) is 0 Å². The van der Waals surface area contributed by atoms with Crippen molar-refractivity contribution >= 4 is 23.1 Å². The van der Waals surface area contributed by atoms with Crippen molar-refractivity contribution in [3.05, 3.63) is 47.5 Å². The molecular formula is C17H18ClN3O. The molecule has 2 unspecified atom stereocenters. The molecule has 0 saturated carbocycles. The molecule has 0 aromatic heterocycles. The molecule has 0 spiro atoms. The molecule has 5 heteroatoms. The van der Waals surface area contributed by atoms with E-state index in [-0.39, 0.29) is 12.0 Å². The standard InChI is InChI=1S/C17H18ClN3O/c18-12-5-6-16-14(11-12)20-17(21-9-7-19-8-10-21)13-3-1-2-4-15(13)22-16/h1-6,11,13,15,19H,7-10H2. The average Bonchev–Trinajstić information content (AvgIpc) is 2.72. The maximum absolute atomic E-state index is 6.18. The number of hydrogen-bond acceptors (Lipinski definition) is 4. The first kappa shape index (κ1) is 13.9. The smallest absolute Gasteiger partial charge is 0.146 e. The largest absolute Gasteiger partial charge is 0.483 e. The van der Waals surface area contributed by atoms with Crippen molar-refractivity contribution in [3.8, 4) is 5.75 Å². The Morgan fingerprint density at radius 1 is 1.18 bits per heavy atom. The van der Waals surface area contributed by atoms with Crippen molar-refractivity contribution in [1.82, 2.24) is 10.2 Å². The van der Waals surface area contributed by atoms with E-state index in [0.29, 0.717) is 5.02 Å². The molecule has 2 heterocycles. The number of nitrogens with one attached hydrogen (secondary N) is 1. The molecule has 114 valence electrons. The SMILES string of the molecule is Clc1ccc2c(c1)N=C(N1CCNCC1)C1C=CC=CC1O2. The van der Waals surface area contributed by atoms with Gasteiger partial charge >= 0.3 is 0 Å². The summed E-state index contributed by atoms with van der Waals surface area (Å²) in [6, 6.07) is 5.64. The fraction of sp³-hybridized carbons (Fsp3) is 0.353. The van der Waals surface area contributed by atoms with E-state index in [0.717, 1.165) is 43.5 Å². The first-order chi connectivity index (χ1) is 10.8. The number of ether oxygens (including phenoxy) is 1. The molecular weight excluding hydrogens is 298 g/mol. The first-order valence-corrected chi connectivity index (χ1v) is 8.04.